The summed E-state index contributed by atoms with van der Waals surface area (Å²) in [5, 5.41) is 0. The topological polar surface area (TPSA) is 59.2 Å². The minimum atomic E-state index is -0.0111. The van der Waals surface area contributed by atoms with Crippen molar-refractivity contribution in [1.29, 1.82) is 0 Å². The molecule has 1 heterocycles. The van der Waals surface area contributed by atoms with E-state index in [0.717, 1.165) is 30.2 Å². The number of nitrogens with two attached hydrogens (primary N) is 1. The van der Waals surface area contributed by atoms with E-state index in [0.29, 0.717) is 17.8 Å². The van der Waals surface area contributed by atoms with Crippen LogP contribution in [-0.4, -0.2) is 34.9 Å². The normalized spacial score (nSPS) is 23.7. The van der Waals surface area contributed by atoms with Crippen LogP contribution in [-0.2, 0) is 0 Å². The second-order valence-electron chi connectivity index (χ2n) is 4.85. The van der Waals surface area contributed by atoms with E-state index in [1.54, 1.807) is 12.3 Å². The van der Waals surface area contributed by atoms with Gasteiger partial charge in [0, 0.05) is 29.8 Å². The van der Waals surface area contributed by atoms with Crippen molar-refractivity contribution >= 4 is 21.8 Å². The van der Waals surface area contributed by atoms with E-state index in [9.17, 15) is 4.79 Å². The first-order valence-corrected chi connectivity index (χ1v) is 7.01. The van der Waals surface area contributed by atoms with E-state index < -0.39 is 0 Å². The van der Waals surface area contributed by atoms with Gasteiger partial charge in [0.25, 0.3) is 5.91 Å². The number of amides is 1. The molecule has 1 aliphatic carbocycles. The second-order valence-corrected chi connectivity index (χ2v) is 5.76. The Morgan fingerprint density at radius 1 is 1.39 bits per heavy atom. The summed E-state index contributed by atoms with van der Waals surface area (Å²) in [6.07, 6.45) is 5.61. The maximum absolute atomic E-state index is 12.3. The first kappa shape index (κ1) is 13.5. The van der Waals surface area contributed by atoms with Gasteiger partial charge in [0.1, 0.15) is 5.69 Å². The molecule has 18 heavy (non-hydrogen) atoms. The van der Waals surface area contributed by atoms with Crippen molar-refractivity contribution in [2.24, 2.45) is 5.73 Å². The summed E-state index contributed by atoms with van der Waals surface area (Å²) < 4.78 is 0.880. The molecule has 0 spiro atoms. The molecular formula is C13H18BrN3O. The summed E-state index contributed by atoms with van der Waals surface area (Å²) in [5.74, 6) is -0.0111. The van der Waals surface area contributed by atoms with Gasteiger partial charge in [-0.1, -0.05) is 0 Å². The van der Waals surface area contributed by atoms with Gasteiger partial charge in [-0.05, 0) is 53.7 Å². The van der Waals surface area contributed by atoms with Crippen LogP contribution in [0.15, 0.2) is 22.8 Å². The first-order chi connectivity index (χ1) is 8.58. The van der Waals surface area contributed by atoms with E-state index >= 15 is 0 Å². The standard InChI is InChI=1S/C13H18BrN3O/c1-17(11-5-3-10(15)4-6-11)13(18)12-7-2-9(14)8-16-12/h2,7-8,10-11H,3-6,15H2,1H3. The van der Waals surface area contributed by atoms with Crippen molar-refractivity contribution in [3.05, 3.63) is 28.5 Å². The zero-order valence-electron chi connectivity index (χ0n) is 10.5. The molecule has 98 valence electrons. The van der Waals surface area contributed by atoms with Crippen molar-refractivity contribution in [2.45, 2.75) is 37.8 Å². The molecule has 0 saturated heterocycles. The Bertz CT molecular complexity index is 413. The van der Waals surface area contributed by atoms with Gasteiger partial charge in [-0.25, -0.2) is 4.98 Å². The fourth-order valence-corrected chi connectivity index (χ4v) is 2.57. The molecule has 1 amide bonds. The van der Waals surface area contributed by atoms with Crippen LogP contribution in [0.5, 0.6) is 0 Å². The van der Waals surface area contributed by atoms with E-state index in [-0.39, 0.29) is 5.91 Å². The Balaban J connectivity index is 2.02. The summed E-state index contributed by atoms with van der Waals surface area (Å²) in [5.41, 5.74) is 6.38. The summed E-state index contributed by atoms with van der Waals surface area (Å²) >= 11 is 3.31. The lowest BCUT2D eigenvalue weighted by molar-refractivity contribution is 0.0684. The second kappa shape index (κ2) is 5.80. The van der Waals surface area contributed by atoms with Crippen molar-refractivity contribution in [3.8, 4) is 0 Å². The third-order valence-electron chi connectivity index (χ3n) is 3.56. The summed E-state index contributed by atoms with van der Waals surface area (Å²) in [7, 11) is 1.85. The van der Waals surface area contributed by atoms with E-state index in [1.807, 2.05) is 18.0 Å². The summed E-state index contributed by atoms with van der Waals surface area (Å²) in [6, 6.07) is 4.18. The zero-order chi connectivity index (χ0) is 13.1. The molecule has 0 aromatic carbocycles. The maximum Gasteiger partial charge on any atom is 0.272 e. The highest BCUT2D eigenvalue weighted by atomic mass is 79.9. The van der Waals surface area contributed by atoms with Gasteiger partial charge in [0.05, 0.1) is 0 Å². The molecule has 1 fully saturated rings. The summed E-state index contributed by atoms with van der Waals surface area (Å²) in [4.78, 5) is 18.2. The van der Waals surface area contributed by atoms with Gasteiger partial charge in [0.2, 0.25) is 0 Å². The quantitative estimate of drug-likeness (QED) is 0.910. The van der Waals surface area contributed by atoms with Gasteiger partial charge in [0.15, 0.2) is 0 Å². The highest BCUT2D eigenvalue weighted by Gasteiger charge is 2.26. The lowest BCUT2D eigenvalue weighted by Gasteiger charge is -2.33. The molecule has 0 unspecified atom stereocenters. The average molecular weight is 312 g/mol. The van der Waals surface area contributed by atoms with Crippen molar-refractivity contribution < 1.29 is 4.79 Å². The minimum Gasteiger partial charge on any atom is -0.337 e. The zero-order valence-corrected chi connectivity index (χ0v) is 12.1. The molecule has 1 aliphatic rings. The number of carbonyl (C=O) groups excluding carboxylic acids is 1. The van der Waals surface area contributed by atoms with Crippen molar-refractivity contribution in [3.63, 3.8) is 0 Å². The van der Waals surface area contributed by atoms with Crippen molar-refractivity contribution in [2.75, 3.05) is 7.05 Å². The molecule has 5 heteroatoms. The molecule has 2 N–H and O–H groups in total. The van der Waals surface area contributed by atoms with Crippen LogP contribution in [0.1, 0.15) is 36.2 Å². The van der Waals surface area contributed by atoms with E-state index in [1.165, 1.54) is 0 Å². The van der Waals surface area contributed by atoms with Crippen LogP contribution in [0, 0.1) is 0 Å². The first-order valence-electron chi connectivity index (χ1n) is 6.22. The van der Waals surface area contributed by atoms with Crippen LogP contribution in [0.3, 0.4) is 0 Å². The third kappa shape index (κ3) is 3.09. The number of pyridine rings is 1. The van der Waals surface area contributed by atoms with Crippen LogP contribution in [0.2, 0.25) is 0 Å². The Kier molecular flexibility index (Phi) is 4.35. The molecule has 4 nitrogen and oxygen atoms in total. The highest BCUT2D eigenvalue weighted by molar-refractivity contribution is 9.10. The Morgan fingerprint density at radius 2 is 2.06 bits per heavy atom. The van der Waals surface area contributed by atoms with Gasteiger partial charge in [-0.2, -0.15) is 0 Å². The van der Waals surface area contributed by atoms with Crippen LogP contribution < -0.4 is 5.73 Å². The molecule has 0 radical (unpaired) electrons. The Labute approximate surface area is 116 Å². The smallest absolute Gasteiger partial charge is 0.272 e. The number of carbonyl (C=O) groups is 1. The Hall–Kier alpha value is -0.940. The predicted octanol–water partition coefficient (Wildman–Crippen LogP) is 2.19. The highest BCUT2D eigenvalue weighted by Crippen LogP contribution is 2.22. The number of hydrogen-bond acceptors (Lipinski definition) is 3. The minimum absolute atomic E-state index is 0.0111. The third-order valence-corrected chi connectivity index (χ3v) is 4.03. The van der Waals surface area contributed by atoms with Crippen LogP contribution in [0.4, 0.5) is 0 Å². The molecular weight excluding hydrogens is 294 g/mol. The number of hydrogen-bond donors (Lipinski definition) is 1. The maximum atomic E-state index is 12.3. The molecule has 0 atom stereocenters. The van der Waals surface area contributed by atoms with Gasteiger partial charge < -0.3 is 10.6 Å². The molecule has 0 bridgehead atoms. The number of halogens is 1. The van der Waals surface area contributed by atoms with Crippen LogP contribution >= 0.6 is 15.9 Å². The van der Waals surface area contributed by atoms with Gasteiger partial charge >= 0.3 is 0 Å². The molecule has 1 aromatic rings. The van der Waals surface area contributed by atoms with E-state index in [2.05, 4.69) is 20.9 Å². The summed E-state index contributed by atoms with van der Waals surface area (Å²) in [6.45, 7) is 0. The van der Waals surface area contributed by atoms with Crippen LogP contribution in [0.25, 0.3) is 0 Å². The molecule has 2 rings (SSSR count). The predicted molar refractivity (Wildman–Crippen MR) is 74.3 cm³/mol. The number of nitrogens with zero attached hydrogens (tertiary/aromatic N) is 2. The molecule has 1 saturated carbocycles. The number of rotatable bonds is 2. The SMILES string of the molecule is CN(C(=O)c1ccc(Br)cn1)C1CCC(N)CC1. The number of aromatic nitrogens is 1. The fourth-order valence-electron chi connectivity index (χ4n) is 2.34. The Morgan fingerprint density at radius 3 is 2.61 bits per heavy atom. The lowest BCUT2D eigenvalue weighted by Crippen LogP contribution is -2.42. The van der Waals surface area contributed by atoms with Gasteiger partial charge in [-0.3, -0.25) is 4.79 Å². The van der Waals surface area contributed by atoms with Crippen molar-refractivity contribution in [1.82, 2.24) is 9.88 Å². The molecule has 1 aromatic heterocycles. The van der Waals surface area contributed by atoms with Gasteiger partial charge in [-0.15, -0.1) is 0 Å². The largest absolute Gasteiger partial charge is 0.337 e. The average Bonchev–Trinajstić information content (AvgIpc) is 2.39. The fraction of sp³-hybridized carbons (Fsp3) is 0.538. The lowest BCUT2D eigenvalue weighted by atomic mass is 9.91. The molecule has 0 aliphatic heterocycles. The van der Waals surface area contributed by atoms with E-state index in [4.69, 9.17) is 5.73 Å². The monoisotopic (exact) mass is 311 g/mol.